The highest BCUT2D eigenvalue weighted by Gasteiger charge is 2.34. The lowest BCUT2D eigenvalue weighted by atomic mass is 10.0. The Hall–Kier alpha value is -4.47. The number of amides is 1. The van der Waals surface area contributed by atoms with Crippen LogP contribution in [0, 0.1) is 0 Å². The van der Waals surface area contributed by atoms with Gasteiger partial charge in [-0.25, -0.2) is 13.4 Å². The fourth-order valence-corrected chi connectivity index (χ4v) is 6.32. The molecule has 0 radical (unpaired) electrons. The SMILES string of the molecule is O=C(c1cccc2ccccc12)N1Cc2ccccc2N(Cc2cnc[nH]2)C(NS(=O)(=O)c2ccccc2)C1. The van der Waals surface area contributed by atoms with Crippen molar-refractivity contribution in [1.82, 2.24) is 19.6 Å². The Morgan fingerprint density at radius 2 is 1.67 bits per heavy atom. The summed E-state index contributed by atoms with van der Waals surface area (Å²) in [6.07, 6.45) is 2.56. The van der Waals surface area contributed by atoms with E-state index in [-0.39, 0.29) is 17.3 Å². The van der Waals surface area contributed by atoms with Crippen molar-refractivity contribution in [2.24, 2.45) is 0 Å². The van der Waals surface area contributed by atoms with E-state index in [1.807, 2.05) is 71.6 Å². The average Bonchev–Trinajstić information content (AvgIpc) is 3.43. The predicted octanol–water partition coefficient (Wildman–Crippen LogP) is 4.53. The van der Waals surface area contributed by atoms with Crippen LogP contribution in [0.5, 0.6) is 0 Å². The number of hydrogen-bond acceptors (Lipinski definition) is 5. The van der Waals surface area contributed by atoms with Crippen LogP contribution in [-0.4, -0.2) is 41.9 Å². The second kappa shape index (κ2) is 10.4. The molecule has 6 rings (SSSR count). The van der Waals surface area contributed by atoms with Crippen LogP contribution < -0.4 is 9.62 Å². The number of nitrogens with zero attached hydrogens (tertiary/aromatic N) is 3. The molecule has 9 heteroatoms. The Morgan fingerprint density at radius 1 is 0.923 bits per heavy atom. The molecule has 0 aliphatic carbocycles. The number of benzene rings is 4. The number of fused-ring (bicyclic) bond motifs is 2. The summed E-state index contributed by atoms with van der Waals surface area (Å²) in [7, 11) is -3.89. The molecule has 1 aliphatic heterocycles. The quantitative estimate of drug-likeness (QED) is 0.332. The van der Waals surface area contributed by atoms with E-state index in [4.69, 9.17) is 0 Å². The number of aromatic amines is 1. The number of carbonyl (C=O) groups excluding carboxylic acids is 1. The highest BCUT2D eigenvalue weighted by Crippen LogP contribution is 2.31. The highest BCUT2D eigenvalue weighted by atomic mass is 32.2. The summed E-state index contributed by atoms with van der Waals surface area (Å²) in [4.78, 5) is 25.2. The molecule has 5 aromatic rings. The zero-order chi connectivity index (χ0) is 26.8. The van der Waals surface area contributed by atoms with Gasteiger partial charge in [-0.1, -0.05) is 72.8 Å². The van der Waals surface area contributed by atoms with E-state index in [1.165, 1.54) is 0 Å². The molecular weight excluding hydrogens is 510 g/mol. The second-order valence-electron chi connectivity index (χ2n) is 9.50. The number of para-hydroxylation sites is 1. The smallest absolute Gasteiger partial charge is 0.254 e. The summed E-state index contributed by atoms with van der Waals surface area (Å²) in [5, 5.41) is 1.83. The minimum atomic E-state index is -3.89. The molecule has 196 valence electrons. The van der Waals surface area contributed by atoms with Crippen LogP contribution >= 0.6 is 0 Å². The first-order valence-corrected chi connectivity index (χ1v) is 14.1. The van der Waals surface area contributed by atoms with Crippen LogP contribution in [0.15, 0.2) is 114 Å². The van der Waals surface area contributed by atoms with Crippen LogP contribution in [0.1, 0.15) is 21.6 Å². The molecule has 1 unspecified atom stereocenters. The van der Waals surface area contributed by atoms with E-state index < -0.39 is 16.2 Å². The predicted molar refractivity (Wildman–Crippen MR) is 150 cm³/mol. The number of hydrogen-bond donors (Lipinski definition) is 2. The molecule has 1 aromatic heterocycles. The van der Waals surface area contributed by atoms with Crippen LogP contribution in [0.2, 0.25) is 0 Å². The van der Waals surface area contributed by atoms with Gasteiger partial charge >= 0.3 is 0 Å². The highest BCUT2D eigenvalue weighted by molar-refractivity contribution is 7.89. The van der Waals surface area contributed by atoms with E-state index in [0.29, 0.717) is 18.7 Å². The first kappa shape index (κ1) is 24.8. The van der Waals surface area contributed by atoms with Gasteiger partial charge in [0, 0.05) is 24.0 Å². The second-order valence-corrected chi connectivity index (χ2v) is 11.2. The van der Waals surface area contributed by atoms with Crippen molar-refractivity contribution in [3.8, 4) is 0 Å². The molecule has 0 fully saturated rings. The van der Waals surface area contributed by atoms with E-state index in [2.05, 4.69) is 14.7 Å². The number of aromatic nitrogens is 2. The molecule has 0 spiro atoms. The molecular formula is C30H27N5O3S. The van der Waals surface area contributed by atoms with E-state index in [9.17, 15) is 13.2 Å². The van der Waals surface area contributed by atoms with Crippen molar-refractivity contribution >= 4 is 32.4 Å². The average molecular weight is 538 g/mol. The van der Waals surface area contributed by atoms with Crippen molar-refractivity contribution in [2.75, 3.05) is 11.4 Å². The zero-order valence-corrected chi connectivity index (χ0v) is 21.9. The Kier molecular flexibility index (Phi) is 6.60. The third-order valence-corrected chi connectivity index (χ3v) is 8.45. The molecule has 39 heavy (non-hydrogen) atoms. The minimum Gasteiger partial charge on any atom is -0.347 e. The van der Waals surface area contributed by atoms with Crippen LogP contribution in [0.25, 0.3) is 10.8 Å². The summed E-state index contributed by atoms with van der Waals surface area (Å²) in [6, 6.07) is 29.5. The Balaban J connectivity index is 1.44. The topological polar surface area (TPSA) is 98.4 Å². The normalized spacial score (nSPS) is 15.6. The fourth-order valence-electron chi connectivity index (χ4n) is 5.10. The molecule has 1 amide bonds. The van der Waals surface area contributed by atoms with Gasteiger partial charge in [0.05, 0.1) is 30.0 Å². The van der Waals surface area contributed by atoms with Crippen LogP contribution in [0.4, 0.5) is 5.69 Å². The summed E-state index contributed by atoms with van der Waals surface area (Å²) in [6.45, 7) is 0.841. The van der Waals surface area contributed by atoms with Gasteiger partial charge in [-0.15, -0.1) is 0 Å². The first-order chi connectivity index (χ1) is 19.0. The molecule has 1 atom stereocenters. The zero-order valence-electron chi connectivity index (χ0n) is 21.1. The van der Waals surface area contributed by atoms with E-state index in [1.54, 1.807) is 47.8 Å². The van der Waals surface area contributed by atoms with Gasteiger partial charge in [0.15, 0.2) is 0 Å². The Morgan fingerprint density at radius 3 is 2.49 bits per heavy atom. The maximum atomic E-state index is 14.1. The van der Waals surface area contributed by atoms with E-state index in [0.717, 1.165) is 27.7 Å². The number of sulfonamides is 1. The van der Waals surface area contributed by atoms with Crippen molar-refractivity contribution in [3.63, 3.8) is 0 Å². The number of imidazole rings is 1. The Labute approximate surface area is 227 Å². The molecule has 0 bridgehead atoms. The van der Waals surface area contributed by atoms with Gasteiger partial charge in [0.25, 0.3) is 5.91 Å². The summed E-state index contributed by atoms with van der Waals surface area (Å²) >= 11 is 0. The van der Waals surface area contributed by atoms with Crippen molar-refractivity contribution in [2.45, 2.75) is 24.2 Å². The van der Waals surface area contributed by atoms with Crippen LogP contribution in [0.3, 0.4) is 0 Å². The summed E-state index contributed by atoms with van der Waals surface area (Å²) in [5.74, 6) is -0.158. The number of nitrogens with one attached hydrogen (secondary N) is 2. The lowest BCUT2D eigenvalue weighted by Crippen LogP contribution is -2.53. The molecule has 4 aromatic carbocycles. The first-order valence-electron chi connectivity index (χ1n) is 12.7. The lowest BCUT2D eigenvalue weighted by molar-refractivity contribution is 0.0736. The maximum absolute atomic E-state index is 14.1. The number of H-pyrrole nitrogens is 1. The number of anilines is 1. The lowest BCUT2D eigenvalue weighted by Gasteiger charge is -2.34. The van der Waals surface area contributed by atoms with Crippen molar-refractivity contribution in [1.29, 1.82) is 0 Å². The van der Waals surface area contributed by atoms with Gasteiger partial charge < -0.3 is 14.8 Å². The number of carbonyl (C=O) groups is 1. The molecule has 2 heterocycles. The van der Waals surface area contributed by atoms with Gasteiger partial charge in [0.2, 0.25) is 10.0 Å². The van der Waals surface area contributed by atoms with Gasteiger partial charge in [-0.05, 0) is 40.6 Å². The van der Waals surface area contributed by atoms with Gasteiger partial charge in [-0.3, -0.25) is 4.79 Å². The third kappa shape index (κ3) is 5.01. The summed E-state index contributed by atoms with van der Waals surface area (Å²) < 4.78 is 30.0. The Bertz CT molecular complexity index is 1720. The molecule has 2 N–H and O–H groups in total. The van der Waals surface area contributed by atoms with Crippen molar-refractivity contribution in [3.05, 3.63) is 126 Å². The third-order valence-electron chi connectivity index (χ3n) is 6.98. The molecule has 0 saturated heterocycles. The largest absolute Gasteiger partial charge is 0.347 e. The monoisotopic (exact) mass is 537 g/mol. The molecule has 1 aliphatic rings. The summed E-state index contributed by atoms with van der Waals surface area (Å²) in [5.41, 5.74) is 3.17. The fraction of sp³-hybridized carbons (Fsp3) is 0.133. The van der Waals surface area contributed by atoms with Crippen LogP contribution in [-0.2, 0) is 23.1 Å². The molecule has 0 saturated carbocycles. The minimum absolute atomic E-state index is 0.136. The molecule has 8 nitrogen and oxygen atoms in total. The maximum Gasteiger partial charge on any atom is 0.254 e. The van der Waals surface area contributed by atoms with Gasteiger partial charge in [-0.2, -0.15) is 4.72 Å². The van der Waals surface area contributed by atoms with E-state index >= 15 is 0 Å². The number of rotatable bonds is 6. The van der Waals surface area contributed by atoms with Gasteiger partial charge in [0.1, 0.15) is 6.17 Å². The standard InChI is InChI=1S/C30H27N5O3S/c36-30(27-15-8-11-22-9-4-6-14-26(22)27)34-18-23-10-5-7-16-28(23)35(19-24-17-31-21-32-24)29(20-34)33-39(37,38)25-12-2-1-3-13-25/h1-17,21,29,33H,18-20H2,(H,31,32). The van der Waals surface area contributed by atoms with Crippen molar-refractivity contribution < 1.29 is 13.2 Å².